The van der Waals surface area contributed by atoms with Crippen LogP contribution in [-0.4, -0.2) is 23.3 Å². The lowest BCUT2D eigenvalue weighted by molar-refractivity contribution is -0.144. The monoisotopic (exact) mass is 314 g/mol. The van der Waals surface area contributed by atoms with E-state index in [4.69, 9.17) is 4.74 Å². The van der Waals surface area contributed by atoms with E-state index in [1.54, 1.807) is 13.8 Å². The van der Waals surface area contributed by atoms with E-state index in [1.807, 2.05) is 24.3 Å². The van der Waals surface area contributed by atoms with Crippen LogP contribution in [0.5, 0.6) is 0 Å². The third-order valence-electron chi connectivity index (χ3n) is 2.67. The van der Waals surface area contributed by atoms with Gasteiger partial charge in [0.15, 0.2) is 0 Å². The van der Waals surface area contributed by atoms with Crippen molar-refractivity contribution < 1.29 is 14.6 Å². The SMILES string of the molecule is CCOC(=O)CCC(C)(O)Cc1ccc(Br)cc1. The molecule has 0 amide bonds. The number of hydrogen-bond acceptors (Lipinski definition) is 3. The number of aliphatic hydroxyl groups is 1. The Morgan fingerprint density at radius 2 is 2.00 bits per heavy atom. The molecular weight excluding hydrogens is 296 g/mol. The van der Waals surface area contributed by atoms with E-state index < -0.39 is 5.60 Å². The van der Waals surface area contributed by atoms with Crippen molar-refractivity contribution in [3.63, 3.8) is 0 Å². The van der Waals surface area contributed by atoms with Crippen molar-refractivity contribution in [2.45, 2.75) is 38.7 Å². The molecule has 1 aromatic rings. The maximum atomic E-state index is 11.2. The minimum atomic E-state index is -0.888. The summed E-state index contributed by atoms with van der Waals surface area (Å²) in [5, 5.41) is 10.2. The van der Waals surface area contributed by atoms with Gasteiger partial charge in [-0.2, -0.15) is 0 Å². The Morgan fingerprint density at radius 1 is 1.39 bits per heavy atom. The summed E-state index contributed by atoms with van der Waals surface area (Å²) in [7, 11) is 0. The Balaban J connectivity index is 2.48. The van der Waals surface area contributed by atoms with Crippen molar-refractivity contribution in [2.75, 3.05) is 6.61 Å². The van der Waals surface area contributed by atoms with Crippen LogP contribution in [0.15, 0.2) is 28.7 Å². The van der Waals surface area contributed by atoms with Gasteiger partial charge in [0.1, 0.15) is 0 Å². The molecule has 0 bridgehead atoms. The summed E-state index contributed by atoms with van der Waals surface area (Å²) in [5.74, 6) is -0.256. The van der Waals surface area contributed by atoms with Gasteiger partial charge < -0.3 is 9.84 Å². The van der Waals surface area contributed by atoms with Crippen molar-refractivity contribution in [3.05, 3.63) is 34.3 Å². The van der Waals surface area contributed by atoms with Gasteiger partial charge in [-0.05, 0) is 38.0 Å². The van der Waals surface area contributed by atoms with Gasteiger partial charge in [-0.25, -0.2) is 0 Å². The number of ether oxygens (including phenoxy) is 1. The number of halogens is 1. The first-order valence-corrected chi connectivity index (χ1v) is 6.85. The molecule has 0 aliphatic heterocycles. The Labute approximate surface area is 116 Å². The molecule has 0 aliphatic carbocycles. The summed E-state index contributed by atoms with van der Waals surface area (Å²) in [6.45, 7) is 3.90. The van der Waals surface area contributed by atoms with Crippen LogP contribution in [-0.2, 0) is 16.0 Å². The van der Waals surface area contributed by atoms with E-state index in [0.717, 1.165) is 10.0 Å². The lowest BCUT2D eigenvalue weighted by Crippen LogP contribution is -2.28. The van der Waals surface area contributed by atoms with Crippen LogP contribution in [0.4, 0.5) is 0 Å². The highest BCUT2D eigenvalue weighted by Gasteiger charge is 2.22. The average Bonchev–Trinajstić information content (AvgIpc) is 2.30. The highest BCUT2D eigenvalue weighted by molar-refractivity contribution is 9.10. The minimum Gasteiger partial charge on any atom is -0.466 e. The zero-order valence-corrected chi connectivity index (χ0v) is 12.4. The predicted molar refractivity (Wildman–Crippen MR) is 74.3 cm³/mol. The molecule has 3 nitrogen and oxygen atoms in total. The molecule has 18 heavy (non-hydrogen) atoms. The summed E-state index contributed by atoms with van der Waals surface area (Å²) < 4.78 is 5.86. The van der Waals surface area contributed by atoms with Gasteiger partial charge in [0.2, 0.25) is 0 Å². The Morgan fingerprint density at radius 3 is 2.56 bits per heavy atom. The molecule has 0 aliphatic rings. The van der Waals surface area contributed by atoms with Crippen molar-refractivity contribution >= 4 is 21.9 Å². The van der Waals surface area contributed by atoms with Crippen molar-refractivity contribution in [1.82, 2.24) is 0 Å². The van der Waals surface area contributed by atoms with E-state index >= 15 is 0 Å². The maximum Gasteiger partial charge on any atom is 0.305 e. The average molecular weight is 315 g/mol. The van der Waals surface area contributed by atoms with Gasteiger partial charge in [-0.15, -0.1) is 0 Å². The largest absolute Gasteiger partial charge is 0.466 e. The van der Waals surface area contributed by atoms with E-state index in [0.29, 0.717) is 19.4 Å². The highest BCUT2D eigenvalue weighted by atomic mass is 79.9. The lowest BCUT2D eigenvalue weighted by Gasteiger charge is -2.23. The molecule has 0 spiro atoms. The summed E-state index contributed by atoms with van der Waals surface area (Å²) in [5.41, 5.74) is 0.160. The topological polar surface area (TPSA) is 46.5 Å². The summed E-state index contributed by atoms with van der Waals surface area (Å²) in [6, 6.07) is 7.80. The normalized spacial score (nSPS) is 14.0. The summed E-state index contributed by atoms with van der Waals surface area (Å²) >= 11 is 3.37. The number of rotatable bonds is 6. The first-order valence-electron chi connectivity index (χ1n) is 6.05. The van der Waals surface area contributed by atoms with Gasteiger partial charge in [0.25, 0.3) is 0 Å². The fraction of sp³-hybridized carbons (Fsp3) is 0.500. The molecule has 1 unspecified atom stereocenters. The molecule has 0 heterocycles. The molecule has 1 rings (SSSR count). The number of carbonyl (C=O) groups is 1. The second-order valence-electron chi connectivity index (χ2n) is 4.61. The molecule has 0 radical (unpaired) electrons. The molecule has 0 fully saturated rings. The van der Waals surface area contributed by atoms with Crippen molar-refractivity contribution in [3.8, 4) is 0 Å². The smallest absolute Gasteiger partial charge is 0.305 e. The molecule has 0 saturated carbocycles. The van der Waals surface area contributed by atoms with Crippen LogP contribution in [0.3, 0.4) is 0 Å². The Hall–Kier alpha value is -0.870. The van der Waals surface area contributed by atoms with Crippen LogP contribution in [0.1, 0.15) is 32.3 Å². The Bertz CT molecular complexity index is 385. The van der Waals surface area contributed by atoms with Crippen LogP contribution in [0.25, 0.3) is 0 Å². The molecular formula is C14H19BrO3. The molecule has 1 aromatic carbocycles. The summed E-state index contributed by atoms with van der Waals surface area (Å²) in [4.78, 5) is 11.2. The van der Waals surface area contributed by atoms with E-state index in [-0.39, 0.29) is 12.4 Å². The predicted octanol–water partition coefficient (Wildman–Crippen LogP) is 3.09. The second kappa shape index (κ2) is 6.90. The zero-order valence-electron chi connectivity index (χ0n) is 10.8. The standard InChI is InChI=1S/C14H19BrO3/c1-3-18-13(16)8-9-14(2,17)10-11-4-6-12(15)7-5-11/h4-7,17H,3,8-10H2,1-2H3. The molecule has 4 heteroatoms. The Kier molecular flexibility index (Phi) is 5.82. The van der Waals surface area contributed by atoms with Crippen molar-refractivity contribution in [2.24, 2.45) is 0 Å². The third-order valence-corrected chi connectivity index (χ3v) is 3.20. The van der Waals surface area contributed by atoms with Gasteiger partial charge in [-0.3, -0.25) is 4.79 Å². The molecule has 1 atom stereocenters. The third kappa shape index (κ3) is 5.65. The second-order valence-corrected chi connectivity index (χ2v) is 5.52. The van der Waals surface area contributed by atoms with Crippen molar-refractivity contribution in [1.29, 1.82) is 0 Å². The molecule has 0 saturated heterocycles. The number of esters is 1. The molecule has 1 N–H and O–H groups in total. The van der Waals surface area contributed by atoms with Gasteiger partial charge in [-0.1, -0.05) is 28.1 Å². The number of carbonyl (C=O) groups excluding carboxylic acids is 1. The quantitative estimate of drug-likeness (QED) is 0.821. The molecule has 0 aromatic heterocycles. The first kappa shape index (κ1) is 15.2. The molecule has 100 valence electrons. The van der Waals surface area contributed by atoms with Crippen LogP contribution in [0.2, 0.25) is 0 Å². The highest BCUT2D eigenvalue weighted by Crippen LogP contribution is 2.20. The first-order chi connectivity index (χ1) is 8.43. The lowest BCUT2D eigenvalue weighted by atomic mass is 9.92. The fourth-order valence-electron chi connectivity index (χ4n) is 1.73. The van der Waals surface area contributed by atoms with E-state index in [1.165, 1.54) is 0 Å². The number of hydrogen-bond donors (Lipinski definition) is 1. The van der Waals surface area contributed by atoms with Crippen LogP contribution in [0, 0.1) is 0 Å². The van der Waals surface area contributed by atoms with Gasteiger partial charge >= 0.3 is 5.97 Å². The zero-order chi connectivity index (χ0) is 13.6. The van der Waals surface area contributed by atoms with E-state index in [2.05, 4.69) is 15.9 Å². The fourth-order valence-corrected chi connectivity index (χ4v) is 2.00. The van der Waals surface area contributed by atoms with Gasteiger partial charge in [0, 0.05) is 17.3 Å². The maximum absolute atomic E-state index is 11.2. The van der Waals surface area contributed by atoms with Crippen LogP contribution >= 0.6 is 15.9 Å². The van der Waals surface area contributed by atoms with E-state index in [9.17, 15) is 9.90 Å². The van der Waals surface area contributed by atoms with Gasteiger partial charge in [0.05, 0.1) is 12.2 Å². The minimum absolute atomic E-state index is 0.247. The number of benzene rings is 1. The van der Waals surface area contributed by atoms with Crippen LogP contribution < -0.4 is 0 Å². The summed E-state index contributed by atoms with van der Waals surface area (Å²) in [6.07, 6.45) is 1.18.